The average molecular weight is 358 g/mol. The molecule has 0 unspecified atom stereocenters. The third-order valence-electron chi connectivity index (χ3n) is 3.13. The predicted molar refractivity (Wildman–Crippen MR) is 97.6 cm³/mol. The summed E-state index contributed by atoms with van der Waals surface area (Å²) >= 11 is 0. The maximum Gasteiger partial charge on any atom is 0.285 e. The molecule has 25 heavy (non-hydrogen) atoms. The van der Waals surface area contributed by atoms with E-state index in [0.29, 0.717) is 16.9 Å². The van der Waals surface area contributed by atoms with Crippen LogP contribution in [0.4, 0.5) is 5.69 Å². The van der Waals surface area contributed by atoms with Crippen molar-refractivity contribution in [3.05, 3.63) is 71.9 Å². The van der Waals surface area contributed by atoms with Gasteiger partial charge in [-0.25, -0.2) is 0 Å². The molecule has 0 aliphatic heterocycles. The lowest BCUT2D eigenvalue weighted by atomic mass is 10.1. The number of ketones is 1. The smallest absolute Gasteiger partial charge is 0.285 e. The van der Waals surface area contributed by atoms with Crippen LogP contribution in [0, 0.1) is 0 Å². The highest BCUT2D eigenvalue weighted by molar-refractivity contribution is 7.90. The molecule has 0 aliphatic carbocycles. The highest BCUT2D eigenvalue weighted by atomic mass is 32.2. The third-order valence-corrected chi connectivity index (χ3v) is 4.44. The van der Waals surface area contributed by atoms with Crippen LogP contribution in [-0.4, -0.2) is 20.2 Å². The Morgan fingerprint density at radius 2 is 1.64 bits per heavy atom. The van der Waals surface area contributed by atoms with Gasteiger partial charge < -0.3 is 16.8 Å². The monoisotopic (exact) mass is 358 g/mol. The molecule has 2 aromatic rings. The number of carbonyl (C=O) groups is 1. The molecule has 2 rings (SSSR count). The zero-order chi connectivity index (χ0) is 18.4. The second kappa shape index (κ2) is 7.63. The van der Waals surface area contributed by atoms with E-state index in [-0.39, 0.29) is 10.7 Å². The number of nitrogens with zero attached hydrogens (tertiary/aromatic N) is 1. The molecule has 5 N–H and O–H groups in total. The Labute approximate surface area is 146 Å². The highest BCUT2D eigenvalue weighted by Gasteiger charge is 2.12. The van der Waals surface area contributed by atoms with E-state index in [9.17, 15) is 13.2 Å². The summed E-state index contributed by atoms with van der Waals surface area (Å²) in [4.78, 5) is 12.1. The summed E-state index contributed by atoms with van der Waals surface area (Å²) in [7, 11) is -3.92. The maximum atomic E-state index is 12.1. The minimum absolute atomic E-state index is 0.0338. The van der Waals surface area contributed by atoms with Crippen LogP contribution < -0.4 is 16.8 Å². The Morgan fingerprint density at radius 1 is 1.04 bits per heavy atom. The number of guanidine groups is 1. The SMILES string of the molecule is C/C(=C/C(=O)c1ccccc1)Nc1ccc(S(=O)(=O)N=C(N)N)cc1. The summed E-state index contributed by atoms with van der Waals surface area (Å²) in [6.45, 7) is 1.74. The molecule has 0 heterocycles. The van der Waals surface area contributed by atoms with Crippen LogP contribution in [0.2, 0.25) is 0 Å². The van der Waals surface area contributed by atoms with E-state index in [2.05, 4.69) is 9.71 Å². The van der Waals surface area contributed by atoms with Crippen LogP contribution in [0.25, 0.3) is 0 Å². The minimum atomic E-state index is -3.92. The first-order chi connectivity index (χ1) is 11.8. The molecule has 0 aliphatic rings. The Balaban J connectivity index is 2.12. The molecular formula is C17H18N4O3S. The molecule has 130 valence electrons. The number of allylic oxidation sites excluding steroid dienone is 2. The van der Waals surface area contributed by atoms with Crippen LogP contribution in [-0.2, 0) is 10.0 Å². The van der Waals surface area contributed by atoms with E-state index in [4.69, 9.17) is 11.5 Å². The quantitative estimate of drug-likeness (QED) is 0.313. The van der Waals surface area contributed by atoms with Crippen molar-refractivity contribution in [1.82, 2.24) is 0 Å². The van der Waals surface area contributed by atoms with Crippen LogP contribution in [0.1, 0.15) is 17.3 Å². The van der Waals surface area contributed by atoms with E-state index in [1.807, 2.05) is 6.07 Å². The number of sulfonamides is 1. The van der Waals surface area contributed by atoms with E-state index in [1.54, 1.807) is 43.3 Å². The minimum Gasteiger partial charge on any atom is -0.369 e. The first-order valence-electron chi connectivity index (χ1n) is 7.28. The standard InChI is InChI=1S/C17H18N4O3S/c1-12(11-16(22)13-5-3-2-4-6-13)20-14-7-9-15(10-8-14)25(23,24)21-17(18)19/h2-11,20H,1H3,(H4,18,19,21)/b12-11-. The molecule has 0 amide bonds. The van der Waals surface area contributed by atoms with Gasteiger partial charge >= 0.3 is 0 Å². The number of benzene rings is 2. The van der Waals surface area contributed by atoms with Gasteiger partial charge in [0, 0.05) is 23.0 Å². The van der Waals surface area contributed by atoms with Gasteiger partial charge in [-0.3, -0.25) is 4.79 Å². The molecule has 7 nitrogen and oxygen atoms in total. The molecular weight excluding hydrogens is 340 g/mol. The Kier molecular flexibility index (Phi) is 5.56. The van der Waals surface area contributed by atoms with E-state index >= 15 is 0 Å². The summed E-state index contributed by atoms with van der Waals surface area (Å²) in [5.41, 5.74) is 12.0. The van der Waals surface area contributed by atoms with Gasteiger partial charge in [0.25, 0.3) is 10.0 Å². The van der Waals surface area contributed by atoms with Gasteiger partial charge in [-0.05, 0) is 31.2 Å². The average Bonchev–Trinajstić information content (AvgIpc) is 2.55. The molecule has 0 bridgehead atoms. The number of rotatable bonds is 6. The van der Waals surface area contributed by atoms with E-state index in [1.165, 1.54) is 18.2 Å². The largest absolute Gasteiger partial charge is 0.369 e. The number of carbonyl (C=O) groups excluding carboxylic acids is 1. The molecule has 8 heteroatoms. The fourth-order valence-corrected chi connectivity index (χ4v) is 2.91. The molecule has 0 fully saturated rings. The Morgan fingerprint density at radius 3 is 2.20 bits per heavy atom. The van der Waals surface area contributed by atoms with Crippen molar-refractivity contribution < 1.29 is 13.2 Å². The summed E-state index contributed by atoms with van der Waals surface area (Å²) in [5, 5.41) is 3.02. The fraction of sp³-hybridized carbons (Fsp3) is 0.0588. The Bertz CT molecular complexity index is 914. The predicted octanol–water partition coefficient (Wildman–Crippen LogP) is 1.85. The lowest BCUT2D eigenvalue weighted by Gasteiger charge is -2.07. The van der Waals surface area contributed by atoms with Crippen molar-refractivity contribution >= 4 is 27.5 Å². The van der Waals surface area contributed by atoms with Crippen molar-refractivity contribution in [2.24, 2.45) is 15.9 Å². The molecule has 0 atom stereocenters. The van der Waals surface area contributed by atoms with Crippen LogP contribution >= 0.6 is 0 Å². The van der Waals surface area contributed by atoms with Crippen molar-refractivity contribution in [2.75, 3.05) is 5.32 Å². The Hall–Kier alpha value is -3.13. The molecule has 0 saturated heterocycles. The lowest BCUT2D eigenvalue weighted by Crippen LogP contribution is -2.24. The molecule has 0 radical (unpaired) electrons. The van der Waals surface area contributed by atoms with E-state index in [0.717, 1.165) is 0 Å². The van der Waals surface area contributed by atoms with E-state index < -0.39 is 16.0 Å². The number of anilines is 1. The van der Waals surface area contributed by atoms with Crippen LogP contribution in [0.3, 0.4) is 0 Å². The lowest BCUT2D eigenvalue weighted by molar-refractivity contribution is 0.104. The van der Waals surface area contributed by atoms with Crippen LogP contribution in [0.15, 0.2) is 75.7 Å². The summed E-state index contributed by atoms with van der Waals surface area (Å²) in [5.74, 6) is -0.655. The molecule has 0 saturated carbocycles. The summed E-state index contributed by atoms with van der Waals surface area (Å²) in [6, 6.07) is 14.7. The summed E-state index contributed by atoms with van der Waals surface area (Å²) in [6.07, 6.45) is 1.47. The van der Waals surface area contributed by atoms with Crippen molar-refractivity contribution in [3.8, 4) is 0 Å². The number of nitrogens with two attached hydrogens (primary N) is 2. The van der Waals surface area contributed by atoms with Gasteiger partial charge in [0.1, 0.15) is 0 Å². The zero-order valence-electron chi connectivity index (χ0n) is 13.5. The normalized spacial score (nSPS) is 11.6. The highest BCUT2D eigenvalue weighted by Crippen LogP contribution is 2.17. The van der Waals surface area contributed by atoms with Gasteiger partial charge in [-0.1, -0.05) is 30.3 Å². The van der Waals surface area contributed by atoms with Gasteiger partial charge in [0.2, 0.25) is 5.96 Å². The van der Waals surface area contributed by atoms with Gasteiger partial charge in [0.15, 0.2) is 5.78 Å². The second-order valence-corrected chi connectivity index (χ2v) is 6.80. The maximum absolute atomic E-state index is 12.1. The van der Waals surface area contributed by atoms with Gasteiger partial charge in [0.05, 0.1) is 4.90 Å². The second-order valence-electron chi connectivity index (χ2n) is 5.20. The third kappa shape index (κ3) is 5.18. The molecule has 2 aromatic carbocycles. The number of nitrogens with one attached hydrogen (secondary N) is 1. The van der Waals surface area contributed by atoms with Crippen molar-refractivity contribution in [3.63, 3.8) is 0 Å². The first-order valence-corrected chi connectivity index (χ1v) is 8.72. The van der Waals surface area contributed by atoms with Gasteiger partial charge in [-0.2, -0.15) is 8.42 Å². The molecule has 0 spiro atoms. The number of hydrogen-bond acceptors (Lipinski definition) is 4. The fourth-order valence-electron chi connectivity index (χ4n) is 2.05. The summed E-state index contributed by atoms with van der Waals surface area (Å²) < 4.78 is 26.9. The molecule has 0 aromatic heterocycles. The van der Waals surface area contributed by atoms with Gasteiger partial charge in [-0.15, -0.1) is 4.40 Å². The zero-order valence-corrected chi connectivity index (χ0v) is 14.3. The van der Waals surface area contributed by atoms with Crippen molar-refractivity contribution in [1.29, 1.82) is 0 Å². The van der Waals surface area contributed by atoms with Crippen LogP contribution in [0.5, 0.6) is 0 Å². The number of hydrogen-bond donors (Lipinski definition) is 3. The van der Waals surface area contributed by atoms with Crippen molar-refractivity contribution in [2.45, 2.75) is 11.8 Å². The first kappa shape index (κ1) is 18.2. The topological polar surface area (TPSA) is 128 Å².